The number of carbonyl (C=O) groups excluding carboxylic acids is 3. The highest BCUT2D eigenvalue weighted by Crippen LogP contribution is 2.23. The van der Waals surface area contributed by atoms with Crippen molar-refractivity contribution in [2.45, 2.75) is 38.5 Å². The molecule has 1 aromatic heterocycles. The fourth-order valence-electron chi connectivity index (χ4n) is 2.36. The summed E-state index contributed by atoms with van der Waals surface area (Å²) in [5.74, 6) is -2.72. The van der Waals surface area contributed by atoms with Crippen LogP contribution in [0.15, 0.2) is 10.5 Å². The number of hydrogen-bond donors (Lipinski definition) is 3. The molecular weight excluding hydrogens is 430 g/mol. The minimum absolute atomic E-state index is 0.0109. The minimum Gasteiger partial charge on any atom is -0.466 e. The number of rotatable bonds is 7. The highest BCUT2D eigenvalue weighted by atomic mass is 32.2. The van der Waals surface area contributed by atoms with Gasteiger partial charge in [0, 0.05) is 5.38 Å². The molecule has 1 saturated heterocycles. The summed E-state index contributed by atoms with van der Waals surface area (Å²) in [5.41, 5.74) is 3.64. The normalized spacial score (nSPS) is 20.1. The molecule has 15 heteroatoms. The van der Waals surface area contributed by atoms with E-state index in [2.05, 4.69) is 20.2 Å². The van der Waals surface area contributed by atoms with E-state index in [1.165, 1.54) is 26.2 Å². The summed E-state index contributed by atoms with van der Waals surface area (Å²) in [6.07, 6.45) is 0. The molecule has 2 amide bonds. The van der Waals surface area contributed by atoms with Gasteiger partial charge in [0.05, 0.1) is 13.2 Å². The summed E-state index contributed by atoms with van der Waals surface area (Å²) in [6.45, 7) is 4.03. The van der Waals surface area contributed by atoms with Gasteiger partial charge >= 0.3 is 16.3 Å². The fourth-order valence-corrected chi connectivity index (χ4v) is 3.79. The van der Waals surface area contributed by atoms with Gasteiger partial charge < -0.3 is 20.6 Å². The molecule has 4 N–H and O–H groups in total. The lowest BCUT2D eigenvalue weighted by Crippen LogP contribution is -2.71. The number of hydrogen-bond acceptors (Lipinski definition) is 11. The number of nitrogens with one attached hydrogen (secondary N) is 1. The molecule has 0 spiro atoms. The standard InChI is InChI=1S/C14H19N5O8S2/c1-6-8(11(21)19(6)29(23,24)25)17-10(20)9(7-5-28-13(15)16-7)18-27-14(2,3)12(22)26-4/h5-6,8H,1-4H3,(H2,15,16)(H,17,20)(H,23,24,25)/b18-9-/t6-,8-/m0/s1. The molecule has 0 radical (unpaired) electrons. The van der Waals surface area contributed by atoms with E-state index < -0.39 is 51.5 Å². The number of esters is 1. The molecule has 1 aliphatic heterocycles. The molecule has 1 aliphatic rings. The summed E-state index contributed by atoms with van der Waals surface area (Å²) in [7, 11) is -3.60. The third-order valence-electron chi connectivity index (χ3n) is 3.89. The van der Waals surface area contributed by atoms with Gasteiger partial charge in [-0.2, -0.15) is 8.42 Å². The van der Waals surface area contributed by atoms with Crippen molar-refractivity contribution in [1.82, 2.24) is 14.6 Å². The van der Waals surface area contributed by atoms with Gasteiger partial charge in [0.1, 0.15) is 11.7 Å². The lowest BCUT2D eigenvalue weighted by Gasteiger charge is -2.42. The van der Waals surface area contributed by atoms with Gasteiger partial charge in [0.15, 0.2) is 10.8 Å². The minimum atomic E-state index is -4.75. The SMILES string of the molecule is COC(=O)C(C)(C)O/N=C(\C(=O)N[C@@H]1C(=O)N(S(=O)(=O)O)[C@H]1C)c1csc(N)n1. The summed E-state index contributed by atoms with van der Waals surface area (Å²) in [6, 6.07) is -2.27. The van der Waals surface area contributed by atoms with Crippen molar-refractivity contribution in [2.75, 3.05) is 12.8 Å². The first-order chi connectivity index (χ1) is 13.3. The van der Waals surface area contributed by atoms with Crippen LogP contribution in [0.2, 0.25) is 0 Å². The average molecular weight is 449 g/mol. The van der Waals surface area contributed by atoms with Crippen LogP contribution in [-0.2, 0) is 34.3 Å². The van der Waals surface area contributed by atoms with E-state index in [-0.39, 0.29) is 15.1 Å². The Kier molecular flexibility index (Phi) is 6.15. The van der Waals surface area contributed by atoms with E-state index in [4.69, 9.17) is 15.1 Å². The Morgan fingerprint density at radius 1 is 1.45 bits per heavy atom. The number of amides is 2. The Bertz CT molecular complexity index is 970. The number of thiazole rings is 1. The Morgan fingerprint density at radius 3 is 2.52 bits per heavy atom. The molecule has 0 saturated carbocycles. The van der Waals surface area contributed by atoms with Crippen molar-refractivity contribution >= 4 is 50.3 Å². The Hall–Kier alpha value is -2.78. The summed E-state index contributed by atoms with van der Waals surface area (Å²) < 4.78 is 36.2. The van der Waals surface area contributed by atoms with E-state index in [0.717, 1.165) is 18.4 Å². The highest BCUT2D eigenvalue weighted by molar-refractivity contribution is 7.84. The maximum atomic E-state index is 12.7. The summed E-state index contributed by atoms with van der Waals surface area (Å²) in [5, 5.41) is 7.50. The fraction of sp³-hybridized carbons (Fsp3) is 0.500. The van der Waals surface area contributed by atoms with Gasteiger partial charge in [-0.1, -0.05) is 5.16 Å². The monoisotopic (exact) mass is 449 g/mol. The van der Waals surface area contributed by atoms with Crippen LogP contribution in [0.4, 0.5) is 5.13 Å². The summed E-state index contributed by atoms with van der Waals surface area (Å²) >= 11 is 1.01. The lowest BCUT2D eigenvalue weighted by molar-refractivity contribution is -0.165. The lowest BCUT2D eigenvalue weighted by atomic mass is 10.0. The molecule has 0 bridgehead atoms. The van der Waals surface area contributed by atoms with Crippen LogP contribution in [0.1, 0.15) is 26.5 Å². The summed E-state index contributed by atoms with van der Waals surface area (Å²) in [4.78, 5) is 45.4. The number of oxime groups is 1. The van der Waals surface area contributed by atoms with E-state index in [0.29, 0.717) is 0 Å². The number of β-lactam (4-membered cyclic amide) rings is 1. The molecule has 13 nitrogen and oxygen atoms in total. The van der Waals surface area contributed by atoms with E-state index >= 15 is 0 Å². The topological polar surface area (TPSA) is 191 Å². The van der Waals surface area contributed by atoms with Crippen molar-refractivity contribution in [3.63, 3.8) is 0 Å². The average Bonchev–Trinajstić information content (AvgIpc) is 3.03. The van der Waals surface area contributed by atoms with Crippen LogP contribution in [0, 0.1) is 0 Å². The molecule has 160 valence electrons. The predicted molar refractivity (Wildman–Crippen MR) is 100 cm³/mol. The first-order valence-electron chi connectivity index (χ1n) is 7.97. The van der Waals surface area contributed by atoms with Crippen molar-refractivity contribution in [3.8, 4) is 0 Å². The molecule has 0 aliphatic carbocycles. The second kappa shape index (κ2) is 7.92. The number of anilines is 1. The highest BCUT2D eigenvalue weighted by Gasteiger charge is 2.51. The van der Waals surface area contributed by atoms with Crippen LogP contribution in [0.5, 0.6) is 0 Å². The number of carbonyl (C=O) groups is 3. The zero-order valence-electron chi connectivity index (χ0n) is 15.8. The number of aromatic nitrogens is 1. The van der Waals surface area contributed by atoms with Crippen molar-refractivity contribution < 1.29 is 36.9 Å². The quantitative estimate of drug-likeness (QED) is 0.152. The van der Waals surface area contributed by atoms with Crippen molar-refractivity contribution in [3.05, 3.63) is 11.1 Å². The van der Waals surface area contributed by atoms with Gasteiger partial charge in [0.2, 0.25) is 5.60 Å². The predicted octanol–water partition coefficient (Wildman–Crippen LogP) is -1.08. The molecule has 1 fully saturated rings. The molecule has 2 rings (SSSR count). The molecule has 0 aromatic carbocycles. The molecule has 2 atom stereocenters. The Morgan fingerprint density at radius 2 is 2.07 bits per heavy atom. The largest absolute Gasteiger partial charge is 0.466 e. The Labute approximate surface area is 169 Å². The maximum absolute atomic E-state index is 12.7. The van der Waals surface area contributed by atoms with Gasteiger partial charge in [-0.05, 0) is 20.8 Å². The Balaban J connectivity index is 2.26. The zero-order valence-corrected chi connectivity index (χ0v) is 17.4. The van der Waals surface area contributed by atoms with E-state index in [9.17, 15) is 22.8 Å². The first kappa shape index (κ1) is 22.5. The third kappa shape index (κ3) is 4.63. The molecule has 1 aromatic rings. The number of methoxy groups -OCH3 is 1. The molecule has 29 heavy (non-hydrogen) atoms. The van der Waals surface area contributed by atoms with Gasteiger partial charge in [-0.15, -0.1) is 11.3 Å². The number of nitrogens with zero attached hydrogens (tertiary/aromatic N) is 3. The number of nitrogen functional groups attached to an aromatic ring is 1. The molecular formula is C14H19N5O8S2. The maximum Gasteiger partial charge on any atom is 0.362 e. The van der Waals surface area contributed by atoms with Crippen LogP contribution >= 0.6 is 11.3 Å². The van der Waals surface area contributed by atoms with Gasteiger partial charge in [-0.25, -0.2) is 14.1 Å². The van der Waals surface area contributed by atoms with Crippen molar-refractivity contribution in [2.24, 2.45) is 5.16 Å². The number of ether oxygens (including phenoxy) is 1. The zero-order chi connectivity index (χ0) is 22.1. The molecule has 2 heterocycles. The molecule has 0 unspecified atom stereocenters. The van der Waals surface area contributed by atoms with Gasteiger partial charge in [0.25, 0.3) is 11.8 Å². The third-order valence-corrected chi connectivity index (χ3v) is 5.58. The number of nitrogens with two attached hydrogens (primary N) is 1. The van der Waals surface area contributed by atoms with Crippen molar-refractivity contribution in [1.29, 1.82) is 0 Å². The van der Waals surface area contributed by atoms with Crippen LogP contribution in [0.25, 0.3) is 0 Å². The van der Waals surface area contributed by atoms with Crippen LogP contribution < -0.4 is 11.1 Å². The van der Waals surface area contributed by atoms with Gasteiger partial charge in [-0.3, -0.25) is 14.1 Å². The second-order valence-electron chi connectivity index (χ2n) is 6.41. The van der Waals surface area contributed by atoms with E-state index in [1.807, 2.05) is 0 Å². The first-order valence-corrected chi connectivity index (χ1v) is 10.2. The van der Waals surface area contributed by atoms with E-state index in [1.54, 1.807) is 0 Å². The smallest absolute Gasteiger partial charge is 0.362 e. The van der Waals surface area contributed by atoms with Crippen LogP contribution in [0.3, 0.4) is 0 Å². The van der Waals surface area contributed by atoms with Crippen LogP contribution in [-0.4, -0.2) is 70.5 Å². The second-order valence-corrected chi connectivity index (χ2v) is 8.59.